The fourth-order valence-corrected chi connectivity index (χ4v) is 2.36. The number of benzene rings is 1. The minimum absolute atomic E-state index is 0.344. The predicted molar refractivity (Wildman–Crippen MR) is 72.2 cm³/mol. The third kappa shape index (κ3) is 3.47. The lowest BCUT2D eigenvalue weighted by atomic mass is 10.1. The van der Waals surface area contributed by atoms with Crippen molar-refractivity contribution in [2.24, 2.45) is 0 Å². The second kappa shape index (κ2) is 6.40. The summed E-state index contributed by atoms with van der Waals surface area (Å²) >= 11 is 0. The van der Waals surface area contributed by atoms with Gasteiger partial charge in [-0.25, -0.2) is 4.79 Å². The summed E-state index contributed by atoms with van der Waals surface area (Å²) in [6.45, 7) is 4.11. The van der Waals surface area contributed by atoms with Crippen LogP contribution >= 0.6 is 0 Å². The zero-order valence-corrected chi connectivity index (χ0v) is 10.6. The highest BCUT2D eigenvalue weighted by atomic mass is 16.4. The fourth-order valence-electron chi connectivity index (χ4n) is 2.36. The van der Waals surface area contributed by atoms with Crippen molar-refractivity contribution in [2.75, 3.05) is 31.5 Å². The molecular weight excluding hydrogens is 228 g/mol. The Kier molecular flexibility index (Phi) is 4.59. The first-order valence-corrected chi connectivity index (χ1v) is 6.56. The summed E-state index contributed by atoms with van der Waals surface area (Å²) in [7, 11) is 0. The third-order valence-electron chi connectivity index (χ3n) is 3.35. The first kappa shape index (κ1) is 12.9. The summed E-state index contributed by atoms with van der Waals surface area (Å²) in [4.78, 5) is 13.5. The molecule has 0 saturated carbocycles. The van der Waals surface area contributed by atoms with E-state index in [4.69, 9.17) is 5.11 Å². The van der Waals surface area contributed by atoms with Crippen LogP contribution in [0.15, 0.2) is 24.3 Å². The van der Waals surface area contributed by atoms with Gasteiger partial charge >= 0.3 is 5.97 Å². The van der Waals surface area contributed by atoms with E-state index in [1.165, 1.54) is 32.4 Å². The van der Waals surface area contributed by atoms with Gasteiger partial charge in [-0.2, -0.15) is 0 Å². The van der Waals surface area contributed by atoms with E-state index < -0.39 is 5.97 Å². The molecular formula is C14H20N2O2. The fraction of sp³-hybridized carbons (Fsp3) is 0.500. The predicted octanol–water partition coefficient (Wildman–Crippen LogP) is 2.28. The molecule has 4 heteroatoms. The van der Waals surface area contributed by atoms with E-state index in [0.717, 1.165) is 13.1 Å². The number of rotatable bonds is 5. The lowest BCUT2D eigenvalue weighted by molar-refractivity contribution is 0.0698. The van der Waals surface area contributed by atoms with Gasteiger partial charge in [-0.1, -0.05) is 18.6 Å². The number of hydrogen-bond donors (Lipinski definition) is 2. The zero-order valence-electron chi connectivity index (χ0n) is 10.6. The first-order valence-electron chi connectivity index (χ1n) is 6.56. The van der Waals surface area contributed by atoms with Crippen LogP contribution in [0.2, 0.25) is 0 Å². The topological polar surface area (TPSA) is 52.6 Å². The lowest BCUT2D eigenvalue weighted by Gasteiger charge is -2.26. The highest BCUT2D eigenvalue weighted by Crippen LogP contribution is 2.14. The van der Waals surface area contributed by atoms with Crippen molar-refractivity contribution in [3.63, 3.8) is 0 Å². The third-order valence-corrected chi connectivity index (χ3v) is 3.35. The van der Waals surface area contributed by atoms with Crippen molar-refractivity contribution >= 4 is 11.7 Å². The van der Waals surface area contributed by atoms with Crippen LogP contribution in [-0.4, -0.2) is 42.2 Å². The summed E-state index contributed by atoms with van der Waals surface area (Å²) in [5.74, 6) is -0.879. The summed E-state index contributed by atoms with van der Waals surface area (Å²) in [5.41, 5.74) is 1.05. The monoisotopic (exact) mass is 248 g/mol. The minimum atomic E-state index is -0.879. The van der Waals surface area contributed by atoms with E-state index in [0.29, 0.717) is 11.3 Å². The van der Waals surface area contributed by atoms with Crippen LogP contribution in [0, 0.1) is 0 Å². The van der Waals surface area contributed by atoms with Gasteiger partial charge in [0.25, 0.3) is 0 Å². The lowest BCUT2D eigenvalue weighted by Crippen LogP contribution is -2.33. The van der Waals surface area contributed by atoms with Crippen LogP contribution in [-0.2, 0) is 0 Å². The SMILES string of the molecule is O=C(O)c1ccccc1NCCN1CCCCC1. The molecule has 0 radical (unpaired) electrons. The van der Waals surface area contributed by atoms with Gasteiger partial charge in [-0.05, 0) is 38.1 Å². The number of nitrogens with zero attached hydrogens (tertiary/aromatic N) is 1. The molecule has 1 aliphatic heterocycles. The average Bonchev–Trinajstić information content (AvgIpc) is 2.40. The molecule has 0 bridgehead atoms. The molecule has 1 heterocycles. The number of nitrogens with one attached hydrogen (secondary N) is 1. The standard InChI is InChI=1S/C14H20N2O2/c17-14(18)12-6-2-3-7-13(12)15-8-11-16-9-4-1-5-10-16/h2-3,6-7,15H,1,4-5,8-11H2,(H,17,18). The molecule has 1 fully saturated rings. The van der Waals surface area contributed by atoms with Gasteiger partial charge in [-0.15, -0.1) is 0 Å². The van der Waals surface area contributed by atoms with Crippen LogP contribution in [0.1, 0.15) is 29.6 Å². The van der Waals surface area contributed by atoms with Crippen molar-refractivity contribution < 1.29 is 9.90 Å². The van der Waals surface area contributed by atoms with Crippen LogP contribution in [0.25, 0.3) is 0 Å². The Balaban J connectivity index is 1.84. The number of carboxylic acid groups (broad SMARTS) is 1. The molecule has 1 saturated heterocycles. The van der Waals surface area contributed by atoms with Gasteiger partial charge in [0.15, 0.2) is 0 Å². The number of para-hydroxylation sites is 1. The van der Waals surface area contributed by atoms with E-state index in [9.17, 15) is 4.79 Å². The van der Waals surface area contributed by atoms with Crippen molar-refractivity contribution in [1.29, 1.82) is 0 Å². The van der Waals surface area contributed by atoms with Gasteiger partial charge in [0.2, 0.25) is 0 Å². The van der Waals surface area contributed by atoms with Gasteiger partial charge in [0, 0.05) is 18.8 Å². The molecule has 0 amide bonds. The summed E-state index contributed by atoms with van der Waals surface area (Å²) in [5, 5.41) is 12.3. The van der Waals surface area contributed by atoms with E-state index >= 15 is 0 Å². The molecule has 1 aromatic carbocycles. The second-order valence-corrected chi connectivity index (χ2v) is 4.68. The van der Waals surface area contributed by atoms with E-state index in [-0.39, 0.29) is 0 Å². The molecule has 0 spiro atoms. The Bertz CT molecular complexity index is 401. The van der Waals surface area contributed by atoms with E-state index in [1.54, 1.807) is 12.1 Å². The van der Waals surface area contributed by atoms with Crippen molar-refractivity contribution in [3.05, 3.63) is 29.8 Å². The first-order chi connectivity index (χ1) is 8.77. The zero-order chi connectivity index (χ0) is 12.8. The summed E-state index contributed by atoms with van der Waals surface area (Å²) in [6, 6.07) is 7.06. The van der Waals surface area contributed by atoms with Crippen molar-refractivity contribution in [3.8, 4) is 0 Å². The number of hydrogen-bond acceptors (Lipinski definition) is 3. The van der Waals surface area contributed by atoms with Crippen molar-refractivity contribution in [2.45, 2.75) is 19.3 Å². The maximum Gasteiger partial charge on any atom is 0.337 e. The molecule has 18 heavy (non-hydrogen) atoms. The molecule has 1 aliphatic rings. The molecule has 98 valence electrons. The van der Waals surface area contributed by atoms with Gasteiger partial charge in [0.1, 0.15) is 0 Å². The highest BCUT2D eigenvalue weighted by molar-refractivity contribution is 5.94. The van der Waals surface area contributed by atoms with Crippen LogP contribution in [0.3, 0.4) is 0 Å². The normalized spacial score (nSPS) is 16.4. The van der Waals surface area contributed by atoms with Crippen molar-refractivity contribution in [1.82, 2.24) is 4.90 Å². The molecule has 0 unspecified atom stereocenters. The smallest absolute Gasteiger partial charge is 0.337 e. The summed E-state index contributed by atoms with van der Waals surface area (Å²) in [6.07, 6.45) is 3.91. The van der Waals surface area contributed by atoms with Gasteiger partial charge < -0.3 is 15.3 Å². The number of piperidine rings is 1. The number of anilines is 1. The molecule has 0 aromatic heterocycles. The highest BCUT2D eigenvalue weighted by Gasteiger charge is 2.11. The quantitative estimate of drug-likeness (QED) is 0.839. The Morgan fingerprint density at radius 3 is 2.67 bits per heavy atom. The number of likely N-dealkylation sites (tertiary alicyclic amines) is 1. The molecule has 0 aliphatic carbocycles. The number of carboxylic acids is 1. The molecule has 4 nitrogen and oxygen atoms in total. The Morgan fingerprint density at radius 1 is 1.22 bits per heavy atom. The Hall–Kier alpha value is -1.55. The molecule has 1 aromatic rings. The average molecular weight is 248 g/mol. The summed E-state index contributed by atoms with van der Waals surface area (Å²) < 4.78 is 0. The van der Waals surface area contributed by atoms with Crippen LogP contribution < -0.4 is 5.32 Å². The maximum absolute atomic E-state index is 11.0. The second-order valence-electron chi connectivity index (χ2n) is 4.68. The molecule has 2 rings (SSSR count). The Labute approximate surface area is 108 Å². The van der Waals surface area contributed by atoms with Crippen LogP contribution in [0.5, 0.6) is 0 Å². The van der Waals surface area contributed by atoms with E-state index in [2.05, 4.69) is 10.2 Å². The van der Waals surface area contributed by atoms with E-state index in [1.807, 2.05) is 12.1 Å². The molecule has 0 atom stereocenters. The maximum atomic E-state index is 11.0. The van der Waals surface area contributed by atoms with Gasteiger partial charge in [0.05, 0.1) is 5.56 Å². The van der Waals surface area contributed by atoms with Crippen LogP contribution in [0.4, 0.5) is 5.69 Å². The van der Waals surface area contributed by atoms with Gasteiger partial charge in [-0.3, -0.25) is 0 Å². The largest absolute Gasteiger partial charge is 0.478 e. The number of aromatic carboxylic acids is 1. The minimum Gasteiger partial charge on any atom is -0.478 e. The Morgan fingerprint density at radius 2 is 1.94 bits per heavy atom. The number of carbonyl (C=O) groups is 1. The molecule has 2 N–H and O–H groups in total.